The van der Waals surface area contributed by atoms with Gasteiger partial charge < -0.3 is 10.6 Å². The predicted molar refractivity (Wildman–Crippen MR) is 49.0 cm³/mol. The Morgan fingerprint density at radius 3 is 2.46 bits per heavy atom. The maximum atomic E-state index is 11.4. The molecule has 0 aromatic rings. The van der Waals surface area contributed by atoms with Gasteiger partial charge in [0, 0.05) is 0 Å². The van der Waals surface area contributed by atoms with Crippen LogP contribution in [0.25, 0.3) is 0 Å². The zero-order valence-corrected chi connectivity index (χ0v) is 8.26. The van der Waals surface area contributed by atoms with Gasteiger partial charge in [-0.25, -0.2) is 0 Å². The van der Waals surface area contributed by atoms with Gasteiger partial charge in [-0.15, -0.1) is 0 Å². The summed E-state index contributed by atoms with van der Waals surface area (Å²) in [6.45, 7) is 5.64. The minimum absolute atomic E-state index is 0.0681. The lowest BCUT2D eigenvalue weighted by molar-refractivity contribution is -0.137. The van der Waals surface area contributed by atoms with Crippen molar-refractivity contribution in [2.45, 2.75) is 39.3 Å². The second kappa shape index (κ2) is 3.77. The number of amides is 2. The summed E-state index contributed by atoms with van der Waals surface area (Å²) in [5, 5.41) is 5.36. The lowest BCUT2D eigenvalue weighted by Gasteiger charge is -2.30. The van der Waals surface area contributed by atoms with Crippen LogP contribution >= 0.6 is 0 Å². The molecule has 1 fully saturated rings. The van der Waals surface area contributed by atoms with Crippen molar-refractivity contribution in [3.05, 3.63) is 0 Å². The van der Waals surface area contributed by atoms with Gasteiger partial charge in [0.2, 0.25) is 11.8 Å². The van der Waals surface area contributed by atoms with Crippen LogP contribution in [0.2, 0.25) is 0 Å². The highest BCUT2D eigenvalue weighted by atomic mass is 16.2. The van der Waals surface area contributed by atoms with Crippen LogP contribution in [0, 0.1) is 5.92 Å². The van der Waals surface area contributed by atoms with Crippen molar-refractivity contribution in [2.75, 3.05) is 0 Å². The first kappa shape index (κ1) is 10.0. The van der Waals surface area contributed by atoms with E-state index in [1.807, 2.05) is 13.8 Å². The molecule has 1 aliphatic rings. The predicted octanol–water partition coefficient (Wildman–Crippen LogP) is 0.0356. The van der Waals surface area contributed by atoms with E-state index < -0.39 is 6.04 Å². The van der Waals surface area contributed by atoms with Crippen LogP contribution in [0.5, 0.6) is 0 Å². The number of rotatable bonds is 2. The summed E-state index contributed by atoms with van der Waals surface area (Å²) in [5.41, 5.74) is 0. The molecule has 0 bridgehead atoms. The van der Waals surface area contributed by atoms with Crippen LogP contribution < -0.4 is 10.6 Å². The van der Waals surface area contributed by atoms with Crippen LogP contribution in [0.3, 0.4) is 0 Å². The Balaban J connectivity index is 2.66. The minimum atomic E-state index is -0.396. The Kier molecular flexibility index (Phi) is 2.90. The lowest BCUT2D eigenvalue weighted by Crippen LogP contribution is -2.62. The van der Waals surface area contributed by atoms with Gasteiger partial charge in [-0.05, 0) is 12.8 Å². The zero-order chi connectivity index (χ0) is 10.0. The van der Waals surface area contributed by atoms with Crippen LogP contribution in [0.15, 0.2) is 0 Å². The molecule has 0 aliphatic carbocycles. The maximum Gasteiger partial charge on any atom is 0.243 e. The summed E-state index contributed by atoms with van der Waals surface area (Å²) in [6.07, 6.45) is 0.882. The topological polar surface area (TPSA) is 58.2 Å². The van der Waals surface area contributed by atoms with Gasteiger partial charge in [0.1, 0.15) is 12.1 Å². The first-order chi connectivity index (χ1) is 6.06. The Morgan fingerprint density at radius 2 is 1.92 bits per heavy atom. The largest absolute Gasteiger partial charge is 0.343 e. The highest BCUT2D eigenvalue weighted by Crippen LogP contribution is 2.10. The molecule has 0 aromatic carbocycles. The molecule has 4 heteroatoms. The van der Waals surface area contributed by atoms with E-state index >= 15 is 0 Å². The fraction of sp³-hybridized carbons (Fsp3) is 0.778. The molecule has 0 unspecified atom stereocenters. The second-order valence-electron chi connectivity index (χ2n) is 3.60. The van der Waals surface area contributed by atoms with E-state index in [-0.39, 0.29) is 23.8 Å². The van der Waals surface area contributed by atoms with Crippen molar-refractivity contribution in [2.24, 2.45) is 5.92 Å². The Morgan fingerprint density at radius 1 is 1.31 bits per heavy atom. The molecular formula is C9H16N2O2. The summed E-state index contributed by atoms with van der Waals surface area (Å²) >= 11 is 0. The van der Waals surface area contributed by atoms with Gasteiger partial charge in [0.15, 0.2) is 0 Å². The van der Waals surface area contributed by atoms with Crippen LogP contribution in [-0.4, -0.2) is 23.9 Å². The van der Waals surface area contributed by atoms with Crippen molar-refractivity contribution in [1.29, 1.82) is 0 Å². The van der Waals surface area contributed by atoms with Gasteiger partial charge in [-0.3, -0.25) is 9.59 Å². The molecule has 2 amide bonds. The third-order valence-electron chi connectivity index (χ3n) is 2.55. The number of hydrogen-bond donors (Lipinski definition) is 2. The fourth-order valence-electron chi connectivity index (χ4n) is 1.35. The highest BCUT2D eigenvalue weighted by Gasteiger charge is 2.33. The van der Waals surface area contributed by atoms with Gasteiger partial charge in [-0.2, -0.15) is 0 Å². The highest BCUT2D eigenvalue weighted by molar-refractivity contribution is 5.96. The number of carbonyl (C=O) groups is 2. The van der Waals surface area contributed by atoms with Gasteiger partial charge in [-0.1, -0.05) is 20.3 Å². The normalized spacial score (nSPS) is 30.7. The maximum absolute atomic E-state index is 11.4. The fourth-order valence-corrected chi connectivity index (χ4v) is 1.35. The first-order valence-electron chi connectivity index (χ1n) is 4.67. The SMILES string of the molecule is CC[C@H](C)[C@@H]1NC(=O)[C@H](C)NC1=O. The summed E-state index contributed by atoms with van der Waals surface area (Å²) in [4.78, 5) is 22.7. The summed E-state index contributed by atoms with van der Waals surface area (Å²) < 4.78 is 0. The molecule has 4 nitrogen and oxygen atoms in total. The van der Waals surface area contributed by atoms with Gasteiger partial charge in [0.05, 0.1) is 0 Å². The Hall–Kier alpha value is -1.06. The molecule has 74 valence electrons. The van der Waals surface area contributed by atoms with Crippen LogP contribution in [0.1, 0.15) is 27.2 Å². The quantitative estimate of drug-likeness (QED) is 0.636. The molecule has 3 atom stereocenters. The van der Waals surface area contributed by atoms with E-state index in [9.17, 15) is 9.59 Å². The molecule has 2 N–H and O–H groups in total. The van der Waals surface area contributed by atoms with E-state index in [0.717, 1.165) is 6.42 Å². The van der Waals surface area contributed by atoms with E-state index in [4.69, 9.17) is 0 Å². The smallest absolute Gasteiger partial charge is 0.243 e. The number of piperazine rings is 1. The number of carbonyl (C=O) groups excluding carboxylic acids is 2. The van der Waals surface area contributed by atoms with E-state index in [1.54, 1.807) is 6.92 Å². The minimum Gasteiger partial charge on any atom is -0.343 e. The third kappa shape index (κ3) is 1.99. The molecule has 1 saturated heterocycles. The monoisotopic (exact) mass is 184 g/mol. The molecule has 1 heterocycles. The average molecular weight is 184 g/mol. The van der Waals surface area contributed by atoms with Crippen molar-refractivity contribution < 1.29 is 9.59 Å². The van der Waals surface area contributed by atoms with E-state index in [1.165, 1.54) is 0 Å². The molecular weight excluding hydrogens is 168 g/mol. The molecule has 13 heavy (non-hydrogen) atoms. The summed E-state index contributed by atoms with van der Waals surface area (Å²) in [5.74, 6) is 0.0304. The van der Waals surface area contributed by atoms with Gasteiger partial charge >= 0.3 is 0 Å². The van der Waals surface area contributed by atoms with Crippen molar-refractivity contribution in [3.63, 3.8) is 0 Å². The van der Waals surface area contributed by atoms with Crippen molar-refractivity contribution in [1.82, 2.24) is 10.6 Å². The average Bonchev–Trinajstić information content (AvgIpc) is 2.10. The molecule has 0 aromatic heterocycles. The Bertz CT molecular complexity index is 228. The summed E-state index contributed by atoms with van der Waals surface area (Å²) in [6, 6.07) is -0.749. The Labute approximate surface area is 78.1 Å². The molecule has 0 radical (unpaired) electrons. The van der Waals surface area contributed by atoms with Crippen LogP contribution in [-0.2, 0) is 9.59 Å². The summed E-state index contributed by atoms with van der Waals surface area (Å²) in [7, 11) is 0. The third-order valence-corrected chi connectivity index (χ3v) is 2.55. The molecule has 1 aliphatic heterocycles. The molecule has 1 rings (SSSR count). The lowest BCUT2D eigenvalue weighted by atomic mass is 9.96. The van der Waals surface area contributed by atoms with E-state index in [0.29, 0.717) is 0 Å². The van der Waals surface area contributed by atoms with E-state index in [2.05, 4.69) is 10.6 Å². The zero-order valence-electron chi connectivity index (χ0n) is 8.26. The second-order valence-corrected chi connectivity index (χ2v) is 3.60. The number of hydrogen-bond acceptors (Lipinski definition) is 2. The molecule has 0 spiro atoms. The van der Waals surface area contributed by atoms with Gasteiger partial charge in [0.25, 0.3) is 0 Å². The molecule has 0 saturated carbocycles. The van der Waals surface area contributed by atoms with Crippen molar-refractivity contribution in [3.8, 4) is 0 Å². The first-order valence-corrected chi connectivity index (χ1v) is 4.67. The number of nitrogens with one attached hydrogen (secondary N) is 2. The standard InChI is InChI=1S/C9H16N2O2/c1-4-5(2)7-9(13)10-6(3)8(12)11-7/h5-7H,4H2,1-3H3,(H,10,13)(H,11,12)/t5-,6-,7-/m0/s1. The van der Waals surface area contributed by atoms with Crippen LogP contribution in [0.4, 0.5) is 0 Å². The van der Waals surface area contributed by atoms with Crippen molar-refractivity contribution >= 4 is 11.8 Å².